The van der Waals surface area contributed by atoms with Gasteiger partial charge in [0.05, 0.1) is 6.42 Å². The number of nitrogens with zero attached hydrogens (tertiary/aromatic N) is 1. The van der Waals surface area contributed by atoms with Crippen molar-refractivity contribution in [3.63, 3.8) is 0 Å². The van der Waals surface area contributed by atoms with Crippen molar-refractivity contribution >= 4 is 11.8 Å². The number of carbonyl (C=O) groups excluding carboxylic acids is 1. The summed E-state index contributed by atoms with van der Waals surface area (Å²) in [4.78, 5) is 13.6. The molecule has 0 aliphatic carbocycles. The van der Waals surface area contributed by atoms with Crippen molar-refractivity contribution in [1.29, 1.82) is 0 Å². The van der Waals surface area contributed by atoms with Gasteiger partial charge in [0.25, 0.3) is 0 Å². The van der Waals surface area contributed by atoms with Crippen molar-refractivity contribution in [2.75, 3.05) is 0 Å². The lowest BCUT2D eigenvalue weighted by Crippen LogP contribution is -2.15. The summed E-state index contributed by atoms with van der Waals surface area (Å²) in [5, 5.41) is 10.6. The molecule has 1 aliphatic rings. The van der Waals surface area contributed by atoms with Crippen LogP contribution in [-0.4, -0.2) is 11.8 Å². The average Bonchev–Trinajstić information content (AvgIpc) is 2.10. The van der Waals surface area contributed by atoms with Crippen LogP contribution in [0.4, 0.5) is 0 Å². The fourth-order valence-corrected chi connectivity index (χ4v) is 0.689. The molecule has 0 aromatic heterocycles. The van der Waals surface area contributed by atoms with E-state index in [2.05, 4.69) is 4.99 Å². The molecule has 1 heterocycles. The van der Waals surface area contributed by atoms with Crippen LogP contribution in [0.5, 0.6) is 0 Å². The maximum Gasteiger partial charge on any atom is 0.249 e. The summed E-state index contributed by atoms with van der Waals surface area (Å²) in [5.74, 6) is -0.699. The van der Waals surface area contributed by atoms with E-state index in [1.165, 1.54) is 0 Å². The Hall–Kier alpha value is -1.12. The Bertz CT molecular complexity index is 203. The Kier molecular flexibility index (Phi) is 1.34. The van der Waals surface area contributed by atoms with Crippen LogP contribution in [0.2, 0.25) is 0 Å². The van der Waals surface area contributed by atoms with Crippen LogP contribution in [0.3, 0.4) is 0 Å². The molecule has 0 spiro atoms. The second kappa shape index (κ2) is 2.01. The maximum absolute atomic E-state index is 10.6. The van der Waals surface area contributed by atoms with Gasteiger partial charge in [0, 0.05) is 0 Å². The normalized spacial score (nSPS) is 23.0. The summed E-state index contributed by atoms with van der Waals surface area (Å²) in [6.07, 6.45) is 1.81. The van der Waals surface area contributed by atoms with E-state index in [9.17, 15) is 9.90 Å². The predicted molar refractivity (Wildman–Crippen MR) is 30.8 cm³/mol. The minimum absolute atomic E-state index is 0.190. The maximum atomic E-state index is 10.6. The zero-order valence-corrected chi connectivity index (χ0v) is 5.05. The Labute approximate surface area is 52.7 Å². The van der Waals surface area contributed by atoms with E-state index in [1.54, 1.807) is 13.0 Å². The average molecular weight is 124 g/mol. The molecule has 48 valence electrons. The lowest BCUT2D eigenvalue weighted by atomic mass is 10.2. The lowest BCUT2D eigenvalue weighted by molar-refractivity contribution is -0.212. The van der Waals surface area contributed by atoms with Gasteiger partial charge < -0.3 is 5.11 Å². The molecule has 0 aromatic rings. The van der Waals surface area contributed by atoms with Gasteiger partial charge in [0.2, 0.25) is 5.91 Å². The van der Waals surface area contributed by atoms with E-state index >= 15 is 0 Å². The fourth-order valence-electron chi connectivity index (χ4n) is 0.689. The molecule has 3 heteroatoms. The van der Waals surface area contributed by atoms with Crippen molar-refractivity contribution in [2.24, 2.45) is 4.99 Å². The number of aliphatic imine (C=N–C) groups is 1. The van der Waals surface area contributed by atoms with Crippen LogP contribution in [0, 0.1) is 0 Å². The van der Waals surface area contributed by atoms with Gasteiger partial charge in [0.15, 0.2) is 0 Å². The third-order valence-electron chi connectivity index (χ3n) is 1.19. The van der Waals surface area contributed by atoms with Gasteiger partial charge >= 0.3 is 0 Å². The fraction of sp³-hybridized carbons (Fsp3) is 0.333. The molecule has 1 amide bonds. The molecular formula is C6H6NO2-. The van der Waals surface area contributed by atoms with Crippen molar-refractivity contribution in [3.8, 4) is 0 Å². The molecule has 0 unspecified atom stereocenters. The molecule has 3 nitrogen and oxygen atoms in total. The van der Waals surface area contributed by atoms with Gasteiger partial charge in [-0.15, -0.1) is 0 Å². The Morgan fingerprint density at radius 2 is 2.44 bits per heavy atom. The highest BCUT2D eigenvalue weighted by Gasteiger charge is 2.10. The van der Waals surface area contributed by atoms with Gasteiger partial charge in [-0.2, -0.15) is 0 Å². The lowest BCUT2D eigenvalue weighted by Gasteiger charge is -2.02. The molecule has 0 fully saturated rings. The summed E-state index contributed by atoms with van der Waals surface area (Å²) in [7, 11) is 0. The molecule has 0 saturated carbocycles. The Balaban J connectivity index is 2.89. The van der Waals surface area contributed by atoms with E-state index in [1.807, 2.05) is 0 Å². The molecule has 1 aliphatic heterocycles. The Morgan fingerprint density at radius 3 is 2.67 bits per heavy atom. The molecule has 0 N–H and O–H groups in total. The number of amides is 1. The van der Waals surface area contributed by atoms with Crippen LogP contribution >= 0.6 is 0 Å². The second-order valence-electron chi connectivity index (χ2n) is 1.80. The third kappa shape index (κ3) is 0.988. The van der Waals surface area contributed by atoms with E-state index < -0.39 is 0 Å². The molecular weight excluding hydrogens is 118 g/mol. The molecule has 0 saturated heterocycles. The second-order valence-corrected chi connectivity index (χ2v) is 1.80. The van der Waals surface area contributed by atoms with Gasteiger partial charge in [-0.25, -0.2) is 4.99 Å². The standard InChI is InChI=1S/C6H7NO2/c1-2-4-3-5(8)7-6(4)9/h2H,3H2,1H3,(H,7,8,9)/p-1/b4-2+. The molecule has 0 aromatic carbocycles. The highest BCUT2D eigenvalue weighted by molar-refractivity contribution is 6.08. The zero-order chi connectivity index (χ0) is 6.85. The molecule has 1 rings (SSSR count). The van der Waals surface area contributed by atoms with Crippen LogP contribution in [0.15, 0.2) is 16.6 Å². The number of rotatable bonds is 0. The van der Waals surface area contributed by atoms with Crippen molar-refractivity contribution in [2.45, 2.75) is 13.3 Å². The number of allylic oxidation sites excluding steroid dienone is 1. The van der Waals surface area contributed by atoms with Gasteiger partial charge in [-0.3, -0.25) is 4.79 Å². The minimum Gasteiger partial charge on any atom is -0.858 e. The first-order valence-electron chi connectivity index (χ1n) is 2.68. The van der Waals surface area contributed by atoms with Gasteiger partial charge in [-0.05, 0) is 18.4 Å². The first kappa shape index (κ1) is 6.01. The largest absolute Gasteiger partial charge is 0.858 e. The van der Waals surface area contributed by atoms with Crippen molar-refractivity contribution < 1.29 is 9.90 Å². The van der Waals surface area contributed by atoms with Crippen molar-refractivity contribution in [3.05, 3.63) is 11.6 Å². The number of hydrogen-bond donors (Lipinski definition) is 0. The minimum atomic E-state index is -0.373. The summed E-state index contributed by atoms with van der Waals surface area (Å²) in [6, 6.07) is 0. The quantitative estimate of drug-likeness (QED) is 0.442. The van der Waals surface area contributed by atoms with E-state index in [4.69, 9.17) is 0 Å². The van der Waals surface area contributed by atoms with Crippen LogP contribution in [0.25, 0.3) is 0 Å². The monoisotopic (exact) mass is 124 g/mol. The number of carbonyl (C=O) groups is 1. The zero-order valence-electron chi connectivity index (χ0n) is 5.05. The molecule has 9 heavy (non-hydrogen) atoms. The van der Waals surface area contributed by atoms with Crippen LogP contribution in [0.1, 0.15) is 13.3 Å². The SMILES string of the molecule is C/C=C1\CC(=O)N=C1[O-]. The summed E-state index contributed by atoms with van der Waals surface area (Å²) in [6.45, 7) is 1.72. The van der Waals surface area contributed by atoms with Crippen LogP contribution in [-0.2, 0) is 4.79 Å². The smallest absolute Gasteiger partial charge is 0.249 e. The topological polar surface area (TPSA) is 52.5 Å². The van der Waals surface area contributed by atoms with E-state index in [-0.39, 0.29) is 18.2 Å². The number of hydrogen-bond acceptors (Lipinski definition) is 2. The molecule has 0 atom stereocenters. The molecule has 0 bridgehead atoms. The molecule has 0 radical (unpaired) electrons. The first-order valence-corrected chi connectivity index (χ1v) is 2.68. The summed E-state index contributed by atoms with van der Waals surface area (Å²) < 4.78 is 0. The highest BCUT2D eigenvalue weighted by atomic mass is 16.3. The van der Waals surface area contributed by atoms with E-state index in [0.717, 1.165) is 0 Å². The predicted octanol–water partition coefficient (Wildman–Crippen LogP) is -0.378. The van der Waals surface area contributed by atoms with Gasteiger partial charge in [0.1, 0.15) is 0 Å². The van der Waals surface area contributed by atoms with Crippen LogP contribution < -0.4 is 5.11 Å². The third-order valence-corrected chi connectivity index (χ3v) is 1.19. The highest BCUT2D eigenvalue weighted by Crippen LogP contribution is 2.09. The van der Waals surface area contributed by atoms with E-state index in [0.29, 0.717) is 5.57 Å². The van der Waals surface area contributed by atoms with Gasteiger partial charge in [-0.1, -0.05) is 6.08 Å². The summed E-state index contributed by atoms with van der Waals surface area (Å²) >= 11 is 0. The first-order chi connectivity index (χ1) is 4.24. The Morgan fingerprint density at radius 1 is 1.78 bits per heavy atom. The van der Waals surface area contributed by atoms with Crippen molar-refractivity contribution in [1.82, 2.24) is 0 Å². The summed E-state index contributed by atoms with van der Waals surface area (Å²) in [5.41, 5.74) is 0.514.